The third-order valence-corrected chi connectivity index (χ3v) is 1.92. The van der Waals surface area contributed by atoms with Crippen molar-refractivity contribution >= 4 is 5.97 Å². The SMILES string of the molecule is CC(C)OC(=O)[C@H](C)[C@@H](O)C(C)C. The third-order valence-electron chi connectivity index (χ3n) is 1.92. The monoisotopic (exact) mass is 188 g/mol. The first-order valence-corrected chi connectivity index (χ1v) is 4.74. The lowest BCUT2D eigenvalue weighted by atomic mass is 9.95. The molecule has 3 heteroatoms. The van der Waals surface area contributed by atoms with Gasteiger partial charge in [-0.2, -0.15) is 0 Å². The van der Waals surface area contributed by atoms with Crippen molar-refractivity contribution in [1.82, 2.24) is 0 Å². The molecule has 78 valence electrons. The highest BCUT2D eigenvalue weighted by Crippen LogP contribution is 2.14. The van der Waals surface area contributed by atoms with Gasteiger partial charge < -0.3 is 9.84 Å². The van der Waals surface area contributed by atoms with E-state index in [0.29, 0.717) is 0 Å². The first-order valence-electron chi connectivity index (χ1n) is 4.74. The van der Waals surface area contributed by atoms with Crippen molar-refractivity contribution in [1.29, 1.82) is 0 Å². The van der Waals surface area contributed by atoms with Gasteiger partial charge in [0.1, 0.15) is 0 Å². The van der Waals surface area contributed by atoms with Gasteiger partial charge in [0.25, 0.3) is 0 Å². The highest BCUT2D eigenvalue weighted by Gasteiger charge is 2.26. The Labute approximate surface area is 80.1 Å². The summed E-state index contributed by atoms with van der Waals surface area (Å²) in [4.78, 5) is 11.3. The molecule has 13 heavy (non-hydrogen) atoms. The predicted octanol–water partition coefficient (Wildman–Crippen LogP) is 1.59. The van der Waals surface area contributed by atoms with Crippen LogP contribution in [0.1, 0.15) is 34.6 Å². The lowest BCUT2D eigenvalue weighted by molar-refractivity contribution is -0.156. The molecule has 0 saturated carbocycles. The fourth-order valence-corrected chi connectivity index (χ4v) is 1.06. The second-order valence-electron chi connectivity index (χ2n) is 4.01. The zero-order valence-corrected chi connectivity index (χ0v) is 9.07. The second-order valence-corrected chi connectivity index (χ2v) is 4.01. The molecule has 0 spiro atoms. The summed E-state index contributed by atoms with van der Waals surface area (Å²) < 4.78 is 4.98. The van der Waals surface area contributed by atoms with Crippen molar-refractivity contribution < 1.29 is 14.6 Å². The standard InChI is InChI=1S/C10H20O3/c1-6(2)9(11)8(5)10(12)13-7(3)4/h6-9,11H,1-5H3/t8-,9+/m1/s1. The van der Waals surface area contributed by atoms with E-state index < -0.39 is 12.0 Å². The average Bonchev–Trinajstić information content (AvgIpc) is 2.00. The Morgan fingerprint density at radius 3 is 1.92 bits per heavy atom. The molecule has 0 aliphatic carbocycles. The molecule has 0 heterocycles. The van der Waals surface area contributed by atoms with Crippen LogP contribution in [0.25, 0.3) is 0 Å². The third kappa shape index (κ3) is 4.27. The van der Waals surface area contributed by atoms with E-state index in [4.69, 9.17) is 4.74 Å². The molecule has 0 unspecified atom stereocenters. The quantitative estimate of drug-likeness (QED) is 0.681. The number of carbonyl (C=O) groups is 1. The van der Waals surface area contributed by atoms with Crippen molar-refractivity contribution in [3.8, 4) is 0 Å². The van der Waals surface area contributed by atoms with Gasteiger partial charge in [-0.3, -0.25) is 4.79 Å². The van der Waals surface area contributed by atoms with Gasteiger partial charge in [-0.25, -0.2) is 0 Å². The first-order chi connectivity index (χ1) is 5.86. The van der Waals surface area contributed by atoms with Crippen LogP contribution in [0.2, 0.25) is 0 Å². The number of aliphatic hydroxyl groups excluding tert-OH is 1. The number of rotatable bonds is 4. The zero-order valence-electron chi connectivity index (χ0n) is 9.07. The molecule has 0 aromatic carbocycles. The summed E-state index contributed by atoms with van der Waals surface area (Å²) >= 11 is 0. The van der Waals surface area contributed by atoms with Gasteiger partial charge in [0, 0.05) is 0 Å². The molecular weight excluding hydrogens is 168 g/mol. The van der Waals surface area contributed by atoms with Crippen LogP contribution >= 0.6 is 0 Å². The molecule has 0 rings (SSSR count). The lowest BCUT2D eigenvalue weighted by Crippen LogP contribution is -2.32. The summed E-state index contributed by atoms with van der Waals surface area (Å²) in [5.74, 6) is -0.687. The molecule has 0 aliphatic heterocycles. The van der Waals surface area contributed by atoms with Crippen LogP contribution in [0.4, 0.5) is 0 Å². The normalized spacial score (nSPS) is 16.0. The Hall–Kier alpha value is -0.570. The Bertz CT molecular complexity index is 164. The van der Waals surface area contributed by atoms with E-state index in [1.807, 2.05) is 13.8 Å². The maximum Gasteiger partial charge on any atom is 0.311 e. The maximum absolute atomic E-state index is 11.3. The molecule has 0 aromatic rings. The fourth-order valence-electron chi connectivity index (χ4n) is 1.06. The molecule has 2 atom stereocenters. The molecule has 1 N–H and O–H groups in total. The number of hydrogen-bond acceptors (Lipinski definition) is 3. The largest absolute Gasteiger partial charge is 0.463 e. The number of carbonyl (C=O) groups excluding carboxylic acids is 1. The maximum atomic E-state index is 11.3. The van der Waals surface area contributed by atoms with E-state index in [2.05, 4.69) is 0 Å². The highest BCUT2D eigenvalue weighted by molar-refractivity contribution is 5.72. The van der Waals surface area contributed by atoms with Crippen LogP contribution in [-0.2, 0) is 9.53 Å². The van der Waals surface area contributed by atoms with Gasteiger partial charge in [-0.05, 0) is 26.7 Å². The Morgan fingerprint density at radius 2 is 1.62 bits per heavy atom. The minimum Gasteiger partial charge on any atom is -0.463 e. The van der Waals surface area contributed by atoms with Crippen molar-refractivity contribution in [2.45, 2.75) is 46.8 Å². The smallest absolute Gasteiger partial charge is 0.311 e. The molecule has 0 aliphatic rings. The predicted molar refractivity (Wildman–Crippen MR) is 51.2 cm³/mol. The fraction of sp³-hybridized carbons (Fsp3) is 0.900. The topological polar surface area (TPSA) is 46.5 Å². The first kappa shape index (κ1) is 12.4. The summed E-state index contributed by atoms with van der Waals surface area (Å²) in [6.07, 6.45) is -0.736. The van der Waals surface area contributed by atoms with Gasteiger partial charge in [-0.15, -0.1) is 0 Å². The van der Waals surface area contributed by atoms with Crippen molar-refractivity contribution in [3.05, 3.63) is 0 Å². The molecule has 0 radical (unpaired) electrons. The van der Waals surface area contributed by atoms with Crippen LogP contribution in [0.5, 0.6) is 0 Å². The van der Waals surface area contributed by atoms with E-state index in [0.717, 1.165) is 0 Å². The number of aliphatic hydroxyl groups is 1. The van der Waals surface area contributed by atoms with Crippen molar-refractivity contribution in [2.24, 2.45) is 11.8 Å². The van der Waals surface area contributed by atoms with E-state index in [9.17, 15) is 9.90 Å². The van der Waals surface area contributed by atoms with Gasteiger partial charge in [-0.1, -0.05) is 13.8 Å². The molecule has 0 aromatic heterocycles. The van der Waals surface area contributed by atoms with Crippen LogP contribution in [0.15, 0.2) is 0 Å². The Morgan fingerprint density at radius 1 is 1.15 bits per heavy atom. The summed E-state index contributed by atoms with van der Waals surface area (Å²) in [5.41, 5.74) is 0. The summed E-state index contributed by atoms with van der Waals surface area (Å²) in [7, 11) is 0. The Kier molecular flexibility index (Phi) is 4.99. The van der Waals surface area contributed by atoms with Crippen LogP contribution in [-0.4, -0.2) is 23.3 Å². The molecular formula is C10H20O3. The van der Waals surface area contributed by atoms with E-state index in [1.165, 1.54) is 0 Å². The molecule has 3 nitrogen and oxygen atoms in total. The van der Waals surface area contributed by atoms with E-state index >= 15 is 0 Å². The molecule has 0 saturated heterocycles. The molecule has 0 amide bonds. The second kappa shape index (κ2) is 5.22. The van der Waals surface area contributed by atoms with Crippen molar-refractivity contribution in [3.63, 3.8) is 0 Å². The van der Waals surface area contributed by atoms with Gasteiger partial charge in [0.05, 0.1) is 18.1 Å². The summed E-state index contributed by atoms with van der Waals surface area (Å²) in [6, 6.07) is 0. The van der Waals surface area contributed by atoms with E-state index in [-0.39, 0.29) is 18.0 Å². The number of ether oxygens (including phenoxy) is 1. The van der Waals surface area contributed by atoms with Gasteiger partial charge >= 0.3 is 5.97 Å². The highest BCUT2D eigenvalue weighted by atomic mass is 16.5. The van der Waals surface area contributed by atoms with Gasteiger partial charge in [0.15, 0.2) is 0 Å². The minimum atomic E-state index is -0.619. The average molecular weight is 188 g/mol. The molecule has 0 fully saturated rings. The van der Waals surface area contributed by atoms with Crippen LogP contribution < -0.4 is 0 Å². The molecule has 0 bridgehead atoms. The lowest BCUT2D eigenvalue weighted by Gasteiger charge is -2.21. The number of esters is 1. The summed E-state index contributed by atoms with van der Waals surface area (Å²) in [6.45, 7) is 9.04. The Balaban J connectivity index is 4.09. The summed E-state index contributed by atoms with van der Waals surface area (Å²) in [5, 5.41) is 9.58. The van der Waals surface area contributed by atoms with E-state index in [1.54, 1.807) is 20.8 Å². The zero-order chi connectivity index (χ0) is 10.6. The van der Waals surface area contributed by atoms with Crippen LogP contribution in [0, 0.1) is 11.8 Å². The van der Waals surface area contributed by atoms with Crippen LogP contribution in [0.3, 0.4) is 0 Å². The minimum absolute atomic E-state index is 0.0784. The van der Waals surface area contributed by atoms with Gasteiger partial charge in [0.2, 0.25) is 0 Å². The van der Waals surface area contributed by atoms with Crippen molar-refractivity contribution in [2.75, 3.05) is 0 Å². The number of hydrogen-bond donors (Lipinski definition) is 1.